The monoisotopic (exact) mass is 202 g/mol. The van der Waals surface area contributed by atoms with Gasteiger partial charge in [0.15, 0.2) is 0 Å². The number of carbonyl (C=O) groups excluding carboxylic acids is 1. The smallest absolute Gasteiger partial charge is 0.140 e. The van der Waals surface area contributed by atoms with E-state index in [9.17, 15) is 4.79 Å². The van der Waals surface area contributed by atoms with Gasteiger partial charge in [-0.25, -0.2) is 0 Å². The third-order valence-corrected chi connectivity index (χ3v) is 3.50. The predicted octanol–water partition coefficient (Wildman–Crippen LogP) is 3.23. The fourth-order valence-corrected chi connectivity index (χ4v) is 2.55. The van der Waals surface area contributed by atoms with Gasteiger partial charge in [0.05, 0.1) is 0 Å². The summed E-state index contributed by atoms with van der Waals surface area (Å²) in [6.07, 6.45) is 4.18. The summed E-state index contributed by atoms with van der Waals surface area (Å²) in [6.45, 7) is 2.21. The molecule has 0 radical (unpaired) electrons. The number of Topliss-reactive ketones (excluding diaryl/α,β-unsaturated/α-hetero) is 1. The summed E-state index contributed by atoms with van der Waals surface area (Å²) in [4.78, 5) is 12.0. The van der Waals surface area contributed by atoms with E-state index in [0.29, 0.717) is 24.0 Å². The number of rotatable bonds is 3. The Kier molecular flexibility index (Phi) is 3.20. The van der Waals surface area contributed by atoms with Crippen molar-refractivity contribution in [1.29, 1.82) is 0 Å². The van der Waals surface area contributed by atoms with Gasteiger partial charge in [0, 0.05) is 12.3 Å². The lowest BCUT2D eigenvalue weighted by molar-refractivity contribution is -0.123. The fraction of sp³-hybridized carbons (Fsp3) is 0.500. The molecular formula is C14H18O. The lowest BCUT2D eigenvalue weighted by Crippen LogP contribution is -2.18. The van der Waals surface area contributed by atoms with Gasteiger partial charge in [-0.1, -0.05) is 43.7 Å². The molecule has 1 aromatic carbocycles. The number of hydrogen-bond acceptors (Lipinski definition) is 1. The van der Waals surface area contributed by atoms with Crippen LogP contribution in [0.2, 0.25) is 0 Å². The van der Waals surface area contributed by atoms with Gasteiger partial charge in [0.2, 0.25) is 0 Å². The van der Waals surface area contributed by atoms with Gasteiger partial charge in [-0.2, -0.15) is 0 Å². The minimum atomic E-state index is 0.324. The Morgan fingerprint density at radius 1 is 1.27 bits per heavy atom. The minimum Gasteiger partial charge on any atom is -0.299 e. The largest absolute Gasteiger partial charge is 0.299 e. The van der Waals surface area contributed by atoms with E-state index in [1.807, 2.05) is 30.3 Å². The molecule has 2 atom stereocenters. The standard InChI is InChI=1S/C14H18O/c1-11-6-5-9-13(11)14(15)10-12-7-3-2-4-8-12/h2-4,7-8,11,13H,5-6,9-10H2,1H3. The molecule has 15 heavy (non-hydrogen) atoms. The first-order valence-corrected chi connectivity index (χ1v) is 5.84. The highest BCUT2D eigenvalue weighted by molar-refractivity contribution is 5.83. The van der Waals surface area contributed by atoms with Crippen LogP contribution in [-0.4, -0.2) is 5.78 Å². The zero-order chi connectivity index (χ0) is 10.7. The van der Waals surface area contributed by atoms with Crippen LogP contribution in [0.15, 0.2) is 30.3 Å². The van der Waals surface area contributed by atoms with Gasteiger partial charge in [0.1, 0.15) is 5.78 Å². The highest BCUT2D eigenvalue weighted by atomic mass is 16.1. The Hall–Kier alpha value is -1.11. The molecule has 80 valence electrons. The van der Waals surface area contributed by atoms with E-state index in [0.717, 1.165) is 12.0 Å². The average Bonchev–Trinajstić information content (AvgIpc) is 2.66. The second-order valence-electron chi connectivity index (χ2n) is 4.64. The number of hydrogen-bond donors (Lipinski definition) is 0. The Labute approximate surface area is 91.5 Å². The van der Waals surface area contributed by atoms with Crippen molar-refractivity contribution >= 4 is 5.78 Å². The molecule has 0 saturated heterocycles. The molecule has 0 bridgehead atoms. The summed E-state index contributed by atoms with van der Waals surface area (Å²) in [5.74, 6) is 1.36. The van der Waals surface area contributed by atoms with Gasteiger partial charge in [-0.3, -0.25) is 4.79 Å². The fourth-order valence-electron chi connectivity index (χ4n) is 2.55. The van der Waals surface area contributed by atoms with Crippen LogP contribution in [0.5, 0.6) is 0 Å². The van der Waals surface area contributed by atoms with Gasteiger partial charge in [-0.05, 0) is 24.3 Å². The van der Waals surface area contributed by atoms with Crippen LogP contribution in [0, 0.1) is 11.8 Å². The highest BCUT2D eigenvalue weighted by Gasteiger charge is 2.29. The van der Waals surface area contributed by atoms with Crippen LogP contribution in [0.3, 0.4) is 0 Å². The SMILES string of the molecule is CC1CCCC1C(=O)Cc1ccccc1. The molecule has 0 spiro atoms. The first-order chi connectivity index (χ1) is 7.27. The van der Waals surface area contributed by atoms with Crippen LogP contribution >= 0.6 is 0 Å². The van der Waals surface area contributed by atoms with Gasteiger partial charge < -0.3 is 0 Å². The Morgan fingerprint density at radius 3 is 2.60 bits per heavy atom. The van der Waals surface area contributed by atoms with Crippen molar-refractivity contribution in [2.24, 2.45) is 11.8 Å². The van der Waals surface area contributed by atoms with E-state index in [-0.39, 0.29) is 0 Å². The summed E-state index contributed by atoms with van der Waals surface area (Å²) >= 11 is 0. The van der Waals surface area contributed by atoms with Gasteiger partial charge in [-0.15, -0.1) is 0 Å². The quantitative estimate of drug-likeness (QED) is 0.735. The van der Waals surface area contributed by atoms with Gasteiger partial charge >= 0.3 is 0 Å². The molecule has 1 aliphatic rings. The van der Waals surface area contributed by atoms with Crippen LogP contribution in [0.4, 0.5) is 0 Å². The van der Waals surface area contributed by atoms with Crippen LogP contribution < -0.4 is 0 Å². The topological polar surface area (TPSA) is 17.1 Å². The Balaban J connectivity index is 1.98. The molecule has 2 unspecified atom stereocenters. The zero-order valence-electron chi connectivity index (χ0n) is 9.28. The predicted molar refractivity (Wildman–Crippen MR) is 61.7 cm³/mol. The maximum absolute atomic E-state index is 12.0. The van der Waals surface area contributed by atoms with Crippen molar-refractivity contribution < 1.29 is 4.79 Å². The van der Waals surface area contributed by atoms with Crippen molar-refractivity contribution in [2.75, 3.05) is 0 Å². The lowest BCUT2D eigenvalue weighted by Gasteiger charge is -2.13. The summed E-state index contributed by atoms with van der Waals surface area (Å²) in [5, 5.41) is 0. The van der Waals surface area contributed by atoms with Crippen molar-refractivity contribution in [1.82, 2.24) is 0 Å². The van der Waals surface area contributed by atoms with E-state index in [2.05, 4.69) is 6.92 Å². The van der Waals surface area contributed by atoms with E-state index in [1.54, 1.807) is 0 Å². The van der Waals surface area contributed by atoms with Crippen LogP contribution in [0.1, 0.15) is 31.7 Å². The average molecular weight is 202 g/mol. The maximum atomic E-state index is 12.0. The molecule has 1 aliphatic carbocycles. The molecule has 1 heteroatoms. The molecule has 0 amide bonds. The molecule has 1 saturated carbocycles. The molecule has 0 aliphatic heterocycles. The third-order valence-electron chi connectivity index (χ3n) is 3.50. The summed E-state index contributed by atoms with van der Waals surface area (Å²) in [5.41, 5.74) is 1.15. The van der Waals surface area contributed by atoms with Crippen molar-refractivity contribution in [3.05, 3.63) is 35.9 Å². The number of ketones is 1. The van der Waals surface area contributed by atoms with Crippen LogP contribution in [0.25, 0.3) is 0 Å². The molecule has 1 fully saturated rings. The second-order valence-corrected chi connectivity index (χ2v) is 4.64. The van der Waals surface area contributed by atoms with E-state index in [4.69, 9.17) is 0 Å². The minimum absolute atomic E-state index is 0.324. The maximum Gasteiger partial charge on any atom is 0.140 e. The third kappa shape index (κ3) is 2.47. The normalized spacial score (nSPS) is 25.4. The molecular weight excluding hydrogens is 184 g/mol. The molecule has 1 nitrogen and oxygen atoms in total. The number of carbonyl (C=O) groups is 1. The molecule has 0 aromatic heterocycles. The van der Waals surface area contributed by atoms with E-state index < -0.39 is 0 Å². The summed E-state index contributed by atoms with van der Waals surface area (Å²) in [7, 11) is 0. The highest BCUT2D eigenvalue weighted by Crippen LogP contribution is 2.32. The summed E-state index contributed by atoms with van der Waals surface area (Å²) < 4.78 is 0. The lowest BCUT2D eigenvalue weighted by atomic mass is 9.90. The van der Waals surface area contributed by atoms with Crippen molar-refractivity contribution in [3.8, 4) is 0 Å². The molecule has 0 N–H and O–H groups in total. The summed E-state index contributed by atoms with van der Waals surface area (Å²) in [6, 6.07) is 10.1. The van der Waals surface area contributed by atoms with E-state index >= 15 is 0 Å². The molecule has 0 heterocycles. The first-order valence-electron chi connectivity index (χ1n) is 5.84. The Morgan fingerprint density at radius 2 is 2.00 bits per heavy atom. The van der Waals surface area contributed by atoms with Gasteiger partial charge in [0.25, 0.3) is 0 Å². The zero-order valence-corrected chi connectivity index (χ0v) is 9.28. The van der Waals surface area contributed by atoms with Crippen LogP contribution in [-0.2, 0) is 11.2 Å². The van der Waals surface area contributed by atoms with Crippen molar-refractivity contribution in [2.45, 2.75) is 32.6 Å². The first kappa shape index (κ1) is 10.4. The number of benzene rings is 1. The molecule has 1 aromatic rings. The van der Waals surface area contributed by atoms with E-state index in [1.165, 1.54) is 12.8 Å². The Bertz CT molecular complexity index is 328. The van der Waals surface area contributed by atoms with Crippen molar-refractivity contribution in [3.63, 3.8) is 0 Å². The molecule has 2 rings (SSSR count). The second kappa shape index (κ2) is 4.61.